The van der Waals surface area contributed by atoms with E-state index < -0.39 is 22.1 Å². The third kappa shape index (κ3) is 5.07. The summed E-state index contributed by atoms with van der Waals surface area (Å²) in [4.78, 5) is 24.2. The summed E-state index contributed by atoms with van der Waals surface area (Å²) in [5, 5.41) is 2.54. The number of amides is 1. The van der Waals surface area contributed by atoms with Gasteiger partial charge >= 0.3 is 12.1 Å². The number of carbonyl (C=O) groups is 2. The van der Waals surface area contributed by atoms with Crippen LogP contribution in [0.25, 0.3) is 0 Å². The number of halogens is 1. The first-order chi connectivity index (χ1) is 14.7. The first-order valence-electron chi connectivity index (χ1n) is 9.17. The molecular weight excluding hydrogens is 444 g/mol. The number of aryl methyl sites for hydroxylation is 1. The van der Waals surface area contributed by atoms with Crippen molar-refractivity contribution in [1.29, 1.82) is 0 Å². The van der Waals surface area contributed by atoms with Crippen LogP contribution >= 0.6 is 11.6 Å². The molecule has 0 fully saturated rings. The van der Waals surface area contributed by atoms with Crippen molar-refractivity contribution >= 4 is 39.4 Å². The van der Waals surface area contributed by atoms with Crippen molar-refractivity contribution in [3.05, 3.63) is 77.1 Å². The Balaban J connectivity index is 1.94. The molecule has 0 saturated heterocycles. The molecule has 0 spiro atoms. The number of anilines is 1. The van der Waals surface area contributed by atoms with Crippen LogP contribution in [0.1, 0.15) is 23.0 Å². The molecule has 0 saturated carbocycles. The minimum Gasteiger partial charge on any atom is -0.461 e. The van der Waals surface area contributed by atoms with E-state index in [2.05, 4.69) is 5.32 Å². The molecule has 2 aromatic carbocycles. The first-order valence-corrected chi connectivity index (χ1v) is 11.0. The Morgan fingerprint density at radius 3 is 2.48 bits per heavy atom. The Bertz CT molecular complexity index is 1220. The number of rotatable bonds is 6. The molecule has 1 amide bonds. The summed E-state index contributed by atoms with van der Waals surface area (Å²) >= 11 is 6.01. The number of esters is 1. The van der Waals surface area contributed by atoms with Gasteiger partial charge in [0.2, 0.25) is 0 Å². The molecule has 10 heteroatoms. The molecule has 162 valence electrons. The Morgan fingerprint density at radius 1 is 1.10 bits per heavy atom. The summed E-state index contributed by atoms with van der Waals surface area (Å²) in [6.07, 6.45) is 0.317. The van der Waals surface area contributed by atoms with Gasteiger partial charge in [0.25, 0.3) is 10.0 Å². The highest BCUT2D eigenvalue weighted by atomic mass is 35.5. The monoisotopic (exact) mass is 462 g/mol. The van der Waals surface area contributed by atoms with E-state index in [1.807, 2.05) is 6.92 Å². The van der Waals surface area contributed by atoms with Crippen molar-refractivity contribution in [2.45, 2.75) is 18.7 Å². The molecule has 1 N–H and O–H groups in total. The molecule has 31 heavy (non-hydrogen) atoms. The molecule has 0 atom stereocenters. The first kappa shape index (κ1) is 22.4. The fourth-order valence-electron chi connectivity index (χ4n) is 2.71. The summed E-state index contributed by atoms with van der Waals surface area (Å²) in [6.45, 7) is 3.58. The zero-order valence-corrected chi connectivity index (χ0v) is 18.2. The predicted molar refractivity (Wildman–Crippen MR) is 115 cm³/mol. The molecule has 8 nitrogen and oxygen atoms in total. The number of hydrogen-bond acceptors (Lipinski definition) is 6. The van der Waals surface area contributed by atoms with Gasteiger partial charge in [0.05, 0.1) is 12.3 Å². The molecule has 1 aromatic heterocycles. The molecule has 0 unspecified atom stereocenters. The lowest BCUT2D eigenvalue weighted by Crippen LogP contribution is -2.22. The highest BCUT2D eigenvalue weighted by molar-refractivity contribution is 7.90. The average Bonchev–Trinajstić information content (AvgIpc) is 3.22. The maximum absolute atomic E-state index is 13.3. The van der Waals surface area contributed by atoms with Gasteiger partial charge in [-0.15, -0.1) is 0 Å². The van der Waals surface area contributed by atoms with Crippen molar-refractivity contribution in [2.75, 3.05) is 11.9 Å². The van der Waals surface area contributed by atoms with Crippen LogP contribution in [0.4, 0.5) is 10.5 Å². The van der Waals surface area contributed by atoms with Crippen LogP contribution in [-0.4, -0.2) is 31.1 Å². The van der Waals surface area contributed by atoms with Gasteiger partial charge in [-0.25, -0.2) is 22.0 Å². The number of nitrogens with zero attached hydrogens (tertiary/aromatic N) is 1. The van der Waals surface area contributed by atoms with Crippen LogP contribution in [0.15, 0.2) is 65.7 Å². The van der Waals surface area contributed by atoms with E-state index in [1.165, 1.54) is 36.5 Å². The number of benzene rings is 2. The van der Waals surface area contributed by atoms with Crippen molar-refractivity contribution in [3.63, 3.8) is 0 Å². The Hall–Kier alpha value is -3.30. The number of nitrogens with one attached hydrogen (secondary N) is 1. The highest BCUT2D eigenvalue weighted by Crippen LogP contribution is 2.28. The van der Waals surface area contributed by atoms with Crippen LogP contribution < -0.4 is 10.1 Å². The second-order valence-corrected chi connectivity index (χ2v) is 8.60. The highest BCUT2D eigenvalue weighted by Gasteiger charge is 2.27. The number of carbonyl (C=O) groups excluding carboxylic acids is 2. The Kier molecular flexibility index (Phi) is 6.67. The molecule has 0 aliphatic heterocycles. The molecule has 3 aromatic rings. The summed E-state index contributed by atoms with van der Waals surface area (Å²) in [7, 11) is -4.31. The van der Waals surface area contributed by atoms with Gasteiger partial charge in [0.1, 0.15) is 16.3 Å². The standard InChI is InChI=1S/C21H19ClN2O6S/c1-3-29-20(25)18-5-4-12-24(18)31(27,28)19-13-15(22)8-11-17(19)23-21(26)30-16-9-6-14(2)7-10-16/h4-13H,3H2,1-2H3,(H,23,26). The smallest absolute Gasteiger partial charge is 0.417 e. The summed E-state index contributed by atoms with van der Waals surface area (Å²) < 4.78 is 37.4. The molecule has 0 bridgehead atoms. The van der Waals surface area contributed by atoms with Gasteiger partial charge < -0.3 is 9.47 Å². The predicted octanol–water partition coefficient (Wildman–Crippen LogP) is 4.47. The molecule has 0 aliphatic carbocycles. The third-order valence-electron chi connectivity index (χ3n) is 4.15. The van der Waals surface area contributed by atoms with Crippen molar-refractivity contribution in [2.24, 2.45) is 0 Å². The molecule has 1 heterocycles. The van der Waals surface area contributed by atoms with Crippen LogP contribution in [0, 0.1) is 6.92 Å². The van der Waals surface area contributed by atoms with Crippen LogP contribution in [-0.2, 0) is 14.8 Å². The Labute approximate surface area is 184 Å². The maximum Gasteiger partial charge on any atom is 0.417 e. The molecular formula is C21H19ClN2O6S. The van der Waals surface area contributed by atoms with Crippen LogP contribution in [0.3, 0.4) is 0 Å². The zero-order valence-electron chi connectivity index (χ0n) is 16.7. The number of ether oxygens (including phenoxy) is 2. The second-order valence-electron chi connectivity index (χ2n) is 6.38. The lowest BCUT2D eigenvalue weighted by Gasteiger charge is -2.15. The van der Waals surface area contributed by atoms with Gasteiger partial charge in [0, 0.05) is 11.2 Å². The fraction of sp³-hybridized carbons (Fsp3) is 0.143. The fourth-order valence-corrected chi connectivity index (χ4v) is 4.45. The summed E-state index contributed by atoms with van der Waals surface area (Å²) in [6, 6.07) is 13.4. The molecule has 0 aliphatic rings. The zero-order chi connectivity index (χ0) is 22.6. The molecule has 3 rings (SSSR count). The van der Waals surface area contributed by atoms with Crippen molar-refractivity contribution in [1.82, 2.24) is 3.97 Å². The van der Waals surface area contributed by atoms with E-state index in [9.17, 15) is 18.0 Å². The number of aromatic nitrogens is 1. The van der Waals surface area contributed by atoms with Gasteiger partial charge in [-0.3, -0.25) is 5.32 Å². The van der Waals surface area contributed by atoms with Gasteiger partial charge in [-0.2, -0.15) is 0 Å². The lowest BCUT2D eigenvalue weighted by atomic mass is 10.2. The summed E-state index contributed by atoms with van der Waals surface area (Å²) in [5.41, 5.74) is 0.739. The lowest BCUT2D eigenvalue weighted by molar-refractivity contribution is 0.0518. The van der Waals surface area contributed by atoms with E-state index in [0.717, 1.165) is 9.54 Å². The normalized spacial score (nSPS) is 11.1. The van der Waals surface area contributed by atoms with Gasteiger partial charge in [-0.1, -0.05) is 29.3 Å². The van der Waals surface area contributed by atoms with E-state index in [-0.39, 0.29) is 33.7 Å². The quantitative estimate of drug-likeness (QED) is 0.542. The van der Waals surface area contributed by atoms with E-state index in [0.29, 0.717) is 0 Å². The Morgan fingerprint density at radius 2 is 1.81 bits per heavy atom. The van der Waals surface area contributed by atoms with Crippen LogP contribution in [0.2, 0.25) is 5.02 Å². The molecule has 0 radical (unpaired) electrons. The van der Waals surface area contributed by atoms with E-state index in [1.54, 1.807) is 31.2 Å². The van der Waals surface area contributed by atoms with Crippen molar-refractivity contribution < 1.29 is 27.5 Å². The SMILES string of the molecule is CCOC(=O)c1cccn1S(=O)(=O)c1cc(Cl)ccc1NC(=O)Oc1ccc(C)cc1. The van der Waals surface area contributed by atoms with Gasteiger partial charge in [-0.05, 0) is 56.3 Å². The van der Waals surface area contributed by atoms with Crippen LogP contribution in [0.5, 0.6) is 5.75 Å². The van der Waals surface area contributed by atoms with E-state index in [4.69, 9.17) is 21.1 Å². The topological polar surface area (TPSA) is 104 Å². The van der Waals surface area contributed by atoms with Gasteiger partial charge in [0.15, 0.2) is 0 Å². The third-order valence-corrected chi connectivity index (χ3v) is 6.11. The average molecular weight is 463 g/mol. The van der Waals surface area contributed by atoms with E-state index >= 15 is 0 Å². The second kappa shape index (κ2) is 9.23. The number of hydrogen-bond donors (Lipinski definition) is 1. The van der Waals surface area contributed by atoms with Crippen molar-refractivity contribution in [3.8, 4) is 5.75 Å². The summed E-state index contributed by atoms with van der Waals surface area (Å²) in [5.74, 6) is -0.511. The minimum absolute atomic E-state index is 0.0648. The maximum atomic E-state index is 13.3. The minimum atomic E-state index is -4.31. The largest absolute Gasteiger partial charge is 0.461 e.